The Morgan fingerprint density at radius 2 is 2.14 bits per heavy atom. The molecule has 0 amide bonds. The number of aryl methyl sites for hydroxylation is 1. The summed E-state index contributed by atoms with van der Waals surface area (Å²) in [7, 11) is -2.90. The van der Waals surface area contributed by atoms with E-state index in [1.165, 1.54) is 0 Å². The van der Waals surface area contributed by atoms with Crippen molar-refractivity contribution in [3.05, 3.63) is 15.6 Å². The maximum Gasteiger partial charge on any atom is 0.155 e. The standard InChI is InChI=1S/C14H23N3O2S2/c1-2-3-12(17-7-5-15-6-8-17)14-16-11-4-9-21(18,19)10-13(11)20-14/h12,15H,2-10H2,1H3. The molecular formula is C14H23N3O2S2. The molecular weight excluding hydrogens is 306 g/mol. The van der Waals surface area contributed by atoms with Gasteiger partial charge in [0.1, 0.15) is 5.01 Å². The number of hydrogen-bond donors (Lipinski definition) is 1. The number of fused-ring (bicyclic) bond motifs is 1. The highest BCUT2D eigenvalue weighted by Gasteiger charge is 2.29. The predicted octanol–water partition coefficient (Wildman–Crippen LogP) is 1.36. The van der Waals surface area contributed by atoms with Gasteiger partial charge in [0.2, 0.25) is 0 Å². The summed E-state index contributed by atoms with van der Waals surface area (Å²) in [4.78, 5) is 8.28. The highest BCUT2D eigenvalue weighted by molar-refractivity contribution is 7.90. The van der Waals surface area contributed by atoms with Crippen LogP contribution in [0.2, 0.25) is 0 Å². The first kappa shape index (κ1) is 15.4. The molecule has 1 atom stereocenters. The van der Waals surface area contributed by atoms with E-state index in [9.17, 15) is 8.42 Å². The molecule has 1 aromatic heterocycles. The van der Waals surface area contributed by atoms with Crippen LogP contribution in [0.1, 0.15) is 41.4 Å². The average Bonchev–Trinajstić information content (AvgIpc) is 2.87. The number of thiazole rings is 1. The van der Waals surface area contributed by atoms with Crippen LogP contribution in [-0.4, -0.2) is 50.2 Å². The fraction of sp³-hybridized carbons (Fsp3) is 0.786. The fourth-order valence-corrected chi connectivity index (χ4v) is 6.17. The molecule has 118 valence electrons. The van der Waals surface area contributed by atoms with Crippen LogP contribution in [0.15, 0.2) is 0 Å². The molecule has 5 nitrogen and oxygen atoms in total. The number of hydrogen-bond acceptors (Lipinski definition) is 6. The van der Waals surface area contributed by atoms with Crippen LogP contribution in [0, 0.1) is 0 Å². The van der Waals surface area contributed by atoms with E-state index in [1.54, 1.807) is 11.3 Å². The first-order valence-electron chi connectivity index (χ1n) is 7.73. The van der Waals surface area contributed by atoms with Crippen LogP contribution in [-0.2, 0) is 22.0 Å². The molecule has 7 heteroatoms. The van der Waals surface area contributed by atoms with Crippen LogP contribution < -0.4 is 5.32 Å². The van der Waals surface area contributed by atoms with Gasteiger partial charge in [0.15, 0.2) is 9.84 Å². The van der Waals surface area contributed by atoms with Gasteiger partial charge in [-0.2, -0.15) is 0 Å². The average molecular weight is 329 g/mol. The van der Waals surface area contributed by atoms with Gasteiger partial charge in [-0.3, -0.25) is 4.90 Å². The molecule has 0 spiro atoms. The minimum Gasteiger partial charge on any atom is -0.314 e. The lowest BCUT2D eigenvalue weighted by Gasteiger charge is -2.33. The van der Waals surface area contributed by atoms with Gasteiger partial charge in [0.05, 0.1) is 23.2 Å². The van der Waals surface area contributed by atoms with E-state index in [0.717, 1.165) is 54.6 Å². The minimum absolute atomic E-state index is 0.195. The second-order valence-corrected chi connectivity index (χ2v) is 9.15. The smallest absolute Gasteiger partial charge is 0.155 e. The van der Waals surface area contributed by atoms with Crippen molar-refractivity contribution in [2.75, 3.05) is 31.9 Å². The van der Waals surface area contributed by atoms with Crippen LogP contribution in [0.5, 0.6) is 0 Å². The SMILES string of the molecule is CCCC(c1nc2c(s1)CS(=O)(=O)CC2)N1CCNCC1. The topological polar surface area (TPSA) is 62.3 Å². The summed E-state index contributed by atoms with van der Waals surface area (Å²) in [5.74, 6) is 0.454. The second kappa shape index (κ2) is 6.32. The molecule has 0 saturated carbocycles. The zero-order valence-corrected chi connectivity index (χ0v) is 14.1. The number of aromatic nitrogens is 1. The van der Waals surface area contributed by atoms with E-state index in [1.807, 2.05) is 0 Å². The van der Waals surface area contributed by atoms with Crippen molar-refractivity contribution in [1.82, 2.24) is 15.2 Å². The molecule has 2 aliphatic rings. The molecule has 0 aromatic carbocycles. The fourth-order valence-electron chi connectivity index (χ4n) is 3.11. The quantitative estimate of drug-likeness (QED) is 0.904. The Morgan fingerprint density at radius 3 is 2.86 bits per heavy atom. The Kier molecular flexibility index (Phi) is 4.63. The van der Waals surface area contributed by atoms with Gasteiger partial charge in [-0.25, -0.2) is 13.4 Å². The second-order valence-electron chi connectivity index (χ2n) is 5.85. The molecule has 1 saturated heterocycles. The van der Waals surface area contributed by atoms with Gasteiger partial charge in [-0.05, 0) is 6.42 Å². The summed E-state index contributed by atoms with van der Waals surface area (Å²) < 4.78 is 23.6. The predicted molar refractivity (Wildman–Crippen MR) is 85.4 cm³/mol. The van der Waals surface area contributed by atoms with Crippen molar-refractivity contribution in [2.24, 2.45) is 0 Å². The number of nitrogens with zero attached hydrogens (tertiary/aromatic N) is 2. The Bertz CT molecular complexity index is 591. The zero-order valence-electron chi connectivity index (χ0n) is 12.5. The highest BCUT2D eigenvalue weighted by Crippen LogP contribution is 2.34. The lowest BCUT2D eigenvalue weighted by molar-refractivity contribution is 0.164. The van der Waals surface area contributed by atoms with Gasteiger partial charge < -0.3 is 5.32 Å². The van der Waals surface area contributed by atoms with E-state index < -0.39 is 9.84 Å². The van der Waals surface area contributed by atoms with Crippen LogP contribution in [0.4, 0.5) is 0 Å². The first-order valence-corrected chi connectivity index (χ1v) is 10.4. The van der Waals surface area contributed by atoms with Gasteiger partial charge >= 0.3 is 0 Å². The molecule has 3 rings (SSSR count). The molecule has 1 aromatic rings. The van der Waals surface area contributed by atoms with E-state index in [-0.39, 0.29) is 11.5 Å². The lowest BCUT2D eigenvalue weighted by atomic mass is 10.1. The van der Waals surface area contributed by atoms with Gasteiger partial charge in [0, 0.05) is 37.5 Å². The third-order valence-electron chi connectivity index (χ3n) is 4.24. The van der Waals surface area contributed by atoms with E-state index in [0.29, 0.717) is 12.5 Å². The summed E-state index contributed by atoms with van der Waals surface area (Å²) in [5, 5.41) is 4.51. The van der Waals surface area contributed by atoms with Crippen molar-refractivity contribution in [3.63, 3.8) is 0 Å². The van der Waals surface area contributed by atoms with Crippen molar-refractivity contribution in [3.8, 4) is 0 Å². The molecule has 3 heterocycles. The maximum atomic E-state index is 11.8. The summed E-state index contributed by atoms with van der Waals surface area (Å²) in [6.07, 6.45) is 2.81. The lowest BCUT2D eigenvalue weighted by Crippen LogP contribution is -2.45. The summed E-state index contributed by atoms with van der Waals surface area (Å²) in [6, 6.07) is 0.357. The zero-order chi connectivity index (χ0) is 14.9. The van der Waals surface area contributed by atoms with Gasteiger partial charge in [0.25, 0.3) is 0 Å². The van der Waals surface area contributed by atoms with Crippen LogP contribution >= 0.6 is 11.3 Å². The molecule has 1 fully saturated rings. The van der Waals surface area contributed by atoms with Crippen molar-refractivity contribution >= 4 is 21.2 Å². The minimum atomic E-state index is -2.90. The Hall–Kier alpha value is -0.500. The van der Waals surface area contributed by atoms with Crippen LogP contribution in [0.3, 0.4) is 0 Å². The van der Waals surface area contributed by atoms with Gasteiger partial charge in [-0.15, -0.1) is 11.3 Å². The number of rotatable bonds is 4. The van der Waals surface area contributed by atoms with E-state index >= 15 is 0 Å². The van der Waals surface area contributed by atoms with Crippen LogP contribution in [0.25, 0.3) is 0 Å². The van der Waals surface area contributed by atoms with E-state index in [4.69, 9.17) is 4.98 Å². The van der Waals surface area contributed by atoms with E-state index in [2.05, 4.69) is 17.1 Å². The Balaban J connectivity index is 1.84. The normalized spacial score (nSPS) is 23.7. The van der Waals surface area contributed by atoms with Crippen molar-refractivity contribution in [1.29, 1.82) is 0 Å². The molecule has 1 unspecified atom stereocenters. The number of piperazine rings is 1. The molecule has 0 aliphatic carbocycles. The molecule has 1 N–H and O–H groups in total. The monoisotopic (exact) mass is 329 g/mol. The largest absolute Gasteiger partial charge is 0.314 e. The Labute approximate surface area is 130 Å². The highest BCUT2D eigenvalue weighted by atomic mass is 32.2. The molecule has 21 heavy (non-hydrogen) atoms. The first-order chi connectivity index (χ1) is 10.1. The third kappa shape index (κ3) is 3.47. The Morgan fingerprint density at radius 1 is 1.38 bits per heavy atom. The molecule has 2 aliphatic heterocycles. The molecule has 0 radical (unpaired) electrons. The molecule has 0 bridgehead atoms. The summed E-state index contributed by atoms with van der Waals surface area (Å²) >= 11 is 1.63. The summed E-state index contributed by atoms with van der Waals surface area (Å²) in [5.41, 5.74) is 1.03. The third-order valence-corrected chi connectivity index (χ3v) is 7.17. The van der Waals surface area contributed by atoms with Gasteiger partial charge in [-0.1, -0.05) is 13.3 Å². The van der Waals surface area contributed by atoms with Crippen molar-refractivity contribution in [2.45, 2.75) is 38.0 Å². The number of nitrogens with one attached hydrogen (secondary N) is 1. The number of sulfone groups is 1. The van der Waals surface area contributed by atoms with Crippen molar-refractivity contribution < 1.29 is 8.42 Å². The summed E-state index contributed by atoms with van der Waals surface area (Å²) in [6.45, 7) is 6.35. The maximum absolute atomic E-state index is 11.8.